The van der Waals surface area contributed by atoms with E-state index in [9.17, 15) is 14.4 Å². The Morgan fingerprint density at radius 3 is 2.31 bits per heavy atom. The SMILES string of the molecule is Cc1ccc(NC(=O)COc2ccc(/C=N\NC(=O)C(=O)Nc3ccc(C)c(Cl)c3)cc2)c(C)c1. The molecule has 0 heterocycles. The van der Waals surface area contributed by atoms with Crippen LogP contribution in [0.5, 0.6) is 5.75 Å². The standard InChI is InChI=1S/C26H25ClN4O4/c1-16-4-11-23(18(3)12-16)30-24(32)15-35-21-9-6-19(7-10-21)14-28-31-26(34)25(33)29-20-8-5-17(2)22(27)13-20/h4-14H,15H2,1-3H3,(H,29,33)(H,30,32)(H,31,34)/b28-14-. The zero-order chi connectivity index (χ0) is 25.4. The highest BCUT2D eigenvalue weighted by molar-refractivity contribution is 6.39. The first-order valence-electron chi connectivity index (χ1n) is 10.7. The smallest absolute Gasteiger partial charge is 0.329 e. The van der Waals surface area contributed by atoms with Gasteiger partial charge in [-0.3, -0.25) is 14.4 Å². The van der Waals surface area contributed by atoms with Gasteiger partial charge < -0.3 is 15.4 Å². The van der Waals surface area contributed by atoms with Gasteiger partial charge in [-0.15, -0.1) is 0 Å². The average Bonchev–Trinajstić information content (AvgIpc) is 2.82. The molecule has 8 nitrogen and oxygen atoms in total. The van der Waals surface area contributed by atoms with Crippen LogP contribution in [0.4, 0.5) is 11.4 Å². The van der Waals surface area contributed by atoms with Crippen LogP contribution in [0.25, 0.3) is 0 Å². The van der Waals surface area contributed by atoms with Gasteiger partial charge in [0.25, 0.3) is 5.91 Å². The van der Waals surface area contributed by atoms with Crippen molar-refractivity contribution < 1.29 is 19.1 Å². The van der Waals surface area contributed by atoms with Gasteiger partial charge in [0.1, 0.15) is 5.75 Å². The Balaban J connectivity index is 1.44. The molecule has 0 unspecified atom stereocenters. The number of carbonyl (C=O) groups excluding carboxylic acids is 3. The molecule has 0 atom stereocenters. The fourth-order valence-electron chi connectivity index (χ4n) is 3.01. The number of carbonyl (C=O) groups is 3. The van der Waals surface area contributed by atoms with Gasteiger partial charge in [0.05, 0.1) is 6.21 Å². The first kappa shape index (κ1) is 25.5. The lowest BCUT2D eigenvalue weighted by molar-refractivity contribution is -0.136. The Labute approximate surface area is 208 Å². The van der Waals surface area contributed by atoms with Crippen LogP contribution in [0, 0.1) is 20.8 Å². The van der Waals surface area contributed by atoms with E-state index in [0.717, 1.165) is 22.4 Å². The van der Waals surface area contributed by atoms with Gasteiger partial charge >= 0.3 is 11.8 Å². The van der Waals surface area contributed by atoms with Crippen molar-refractivity contribution in [2.75, 3.05) is 17.2 Å². The van der Waals surface area contributed by atoms with Crippen molar-refractivity contribution in [3.63, 3.8) is 0 Å². The molecular formula is C26H25ClN4O4. The topological polar surface area (TPSA) is 109 Å². The van der Waals surface area contributed by atoms with Gasteiger partial charge in [0.2, 0.25) is 0 Å². The number of hydrogen-bond donors (Lipinski definition) is 3. The molecule has 0 aliphatic carbocycles. The Kier molecular flexibility index (Phi) is 8.58. The molecule has 0 aliphatic rings. The van der Waals surface area contributed by atoms with Crippen LogP contribution in [-0.2, 0) is 14.4 Å². The van der Waals surface area contributed by atoms with Gasteiger partial charge in [-0.25, -0.2) is 5.43 Å². The third-order valence-electron chi connectivity index (χ3n) is 4.92. The quantitative estimate of drug-likeness (QED) is 0.258. The number of ether oxygens (including phenoxy) is 1. The van der Waals surface area contributed by atoms with Gasteiger partial charge in [0.15, 0.2) is 6.61 Å². The summed E-state index contributed by atoms with van der Waals surface area (Å²) in [5, 5.41) is 9.54. The maximum absolute atomic E-state index is 12.2. The molecule has 0 aromatic heterocycles. The molecule has 0 radical (unpaired) electrons. The van der Waals surface area contributed by atoms with Crippen molar-refractivity contribution in [1.29, 1.82) is 0 Å². The summed E-state index contributed by atoms with van der Waals surface area (Å²) in [5.74, 6) is -1.56. The van der Waals surface area contributed by atoms with Crippen LogP contribution in [0.2, 0.25) is 5.02 Å². The van der Waals surface area contributed by atoms with E-state index >= 15 is 0 Å². The second-order valence-corrected chi connectivity index (χ2v) is 8.25. The number of hydrogen-bond acceptors (Lipinski definition) is 5. The minimum atomic E-state index is -0.923. The van der Waals surface area contributed by atoms with Crippen molar-refractivity contribution in [1.82, 2.24) is 5.43 Å². The fraction of sp³-hybridized carbons (Fsp3) is 0.154. The maximum atomic E-state index is 12.2. The number of benzene rings is 3. The minimum absolute atomic E-state index is 0.141. The second-order valence-electron chi connectivity index (χ2n) is 7.84. The Bertz CT molecular complexity index is 1270. The molecule has 0 fully saturated rings. The predicted molar refractivity (Wildman–Crippen MR) is 137 cm³/mol. The lowest BCUT2D eigenvalue weighted by Crippen LogP contribution is -2.32. The molecule has 3 amide bonds. The second kappa shape index (κ2) is 11.8. The molecule has 0 aliphatic heterocycles. The number of rotatable bonds is 7. The lowest BCUT2D eigenvalue weighted by atomic mass is 10.1. The molecular weight excluding hydrogens is 468 g/mol. The summed E-state index contributed by atoms with van der Waals surface area (Å²) >= 11 is 6.01. The summed E-state index contributed by atoms with van der Waals surface area (Å²) in [5.41, 5.74) is 6.93. The highest BCUT2D eigenvalue weighted by Gasteiger charge is 2.13. The summed E-state index contributed by atoms with van der Waals surface area (Å²) in [6.07, 6.45) is 1.38. The van der Waals surface area contributed by atoms with E-state index in [4.69, 9.17) is 16.3 Å². The van der Waals surface area contributed by atoms with E-state index in [0.29, 0.717) is 22.0 Å². The summed E-state index contributed by atoms with van der Waals surface area (Å²) in [6, 6.07) is 17.4. The molecule has 35 heavy (non-hydrogen) atoms. The Morgan fingerprint density at radius 1 is 0.886 bits per heavy atom. The van der Waals surface area contributed by atoms with Crippen molar-refractivity contribution >= 4 is 46.9 Å². The number of halogens is 1. The van der Waals surface area contributed by atoms with E-state index in [1.165, 1.54) is 6.21 Å². The van der Waals surface area contributed by atoms with Gasteiger partial charge in [-0.05, 0) is 79.9 Å². The molecule has 0 saturated carbocycles. The summed E-state index contributed by atoms with van der Waals surface area (Å²) < 4.78 is 5.52. The molecule has 3 rings (SSSR count). The van der Waals surface area contributed by atoms with E-state index < -0.39 is 11.8 Å². The van der Waals surface area contributed by atoms with E-state index in [2.05, 4.69) is 21.2 Å². The van der Waals surface area contributed by atoms with Crippen molar-refractivity contribution in [2.45, 2.75) is 20.8 Å². The van der Waals surface area contributed by atoms with Crippen molar-refractivity contribution in [3.8, 4) is 5.75 Å². The first-order valence-corrected chi connectivity index (χ1v) is 11.1. The average molecular weight is 493 g/mol. The molecule has 180 valence electrons. The van der Waals surface area contributed by atoms with Crippen molar-refractivity contribution in [2.24, 2.45) is 5.10 Å². The number of nitrogens with zero attached hydrogens (tertiary/aromatic N) is 1. The molecule has 3 aromatic carbocycles. The normalized spacial score (nSPS) is 10.6. The van der Waals surface area contributed by atoms with Gasteiger partial charge in [0, 0.05) is 16.4 Å². The first-order chi connectivity index (χ1) is 16.7. The van der Waals surface area contributed by atoms with Crippen LogP contribution in [0.3, 0.4) is 0 Å². The number of amides is 3. The zero-order valence-electron chi connectivity index (χ0n) is 19.5. The largest absolute Gasteiger partial charge is 0.484 e. The van der Waals surface area contributed by atoms with Crippen LogP contribution >= 0.6 is 11.6 Å². The van der Waals surface area contributed by atoms with Crippen molar-refractivity contribution in [3.05, 3.63) is 87.9 Å². The molecule has 0 spiro atoms. The number of nitrogens with one attached hydrogen (secondary N) is 3. The summed E-state index contributed by atoms with van der Waals surface area (Å²) in [6.45, 7) is 5.61. The maximum Gasteiger partial charge on any atom is 0.329 e. The highest BCUT2D eigenvalue weighted by atomic mass is 35.5. The molecule has 3 N–H and O–H groups in total. The van der Waals surface area contributed by atoms with E-state index in [1.54, 1.807) is 42.5 Å². The van der Waals surface area contributed by atoms with E-state index in [-0.39, 0.29) is 12.5 Å². The minimum Gasteiger partial charge on any atom is -0.484 e. The summed E-state index contributed by atoms with van der Waals surface area (Å²) in [7, 11) is 0. The third-order valence-corrected chi connectivity index (χ3v) is 5.33. The van der Waals surface area contributed by atoms with E-state index in [1.807, 2.05) is 39.0 Å². The van der Waals surface area contributed by atoms with Gasteiger partial charge in [-0.2, -0.15) is 5.10 Å². The highest BCUT2D eigenvalue weighted by Crippen LogP contribution is 2.20. The third kappa shape index (κ3) is 7.68. The zero-order valence-corrected chi connectivity index (χ0v) is 20.3. The Hall–Kier alpha value is -4.17. The Morgan fingerprint density at radius 2 is 1.63 bits per heavy atom. The van der Waals surface area contributed by atoms with Crippen LogP contribution in [0.15, 0.2) is 65.8 Å². The van der Waals surface area contributed by atoms with Crippen LogP contribution in [-0.4, -0.2) is 30.5 Å². The molecule has 3 aromatic rings. The molecule has 0 bridgehead atoms. The predicted octanol–water partition coefficient (Wildman–Crippen LogP) is 4.37. The number of hydrazone groups is 1. The summed E-state index contributed by atoms with van der Waals surface area (Å²) in [4.78, 5) is 36.1. The number of aryl methyl sites for hydroxylation is 3. The van der Waals surface area contributed by atoms with Crippen LogP contribution < -0.4 is 20.8 Å². The molecule has 9 heteroatoms. The fourth-order valence-corrected chi connectivity index (χ4v) is 3.19. The lowest BCUT2D eigenvalue weighted by Gasteiger charge is -2.10. The number of anilines is 2. The van der Waals surface area contributed by atoms with Crippen LogP contribution in [0.1, 0.15) is 22.3 Å². The molecule has 0 saturated heterocycles. The monoisotopic (exact) mass is 492 g/mol. The van der Waals surface area contributed by atoms with Gasteiger partial charge in [-0.1, -0.05) is 35.4 Å².